The molecule has 0 atom stereocenters. The van der Waals surface area contributed by atoms with Crippen LogP contribution in [0.3, 0.4) is 0 Å². The molecule has 0 aromatic heterocycles. The topological polar surface area (TPSA) is 74.6 Å². The summed E-state index contributed by atoms with van der Waals surface area (Å²) in [7, 11) is -4.48. The van der Waals surface area contributed by atoms with Crippen LogP contribution in [0.15, 0.2) is 6.07 Å². The van der Waals surface area contributed by atoms with Crippen LogP contribution in [0.1, 0.15) is 35.3 Å². The second kappa shape index (κ2) is 5.32. The lowest BCUT2D eigenvalue weighted by molar-refractivity contribution is 0.112. The Morgan fingerprint density at radius 1 is 1.29 bits per heavy atom. The number of carbonyl (C=O) groups excluding carboxylic acids is 1. The van der Waals surface area contributed by atoms with E-state index in [1.807, 2.05) is 6.92 Å². The molecule has 0 saturated heterocycles. The summed E-state index contributed by atoms with van der Waals surface area (Å²) < 4.78 is 11.5. The van der Waals surface area contributed by atoms with E-state index in [-0.39, 0.29) is 10.9 Å². The number of hydrogen-bond acceptors (Lipinski definition) is 2. The first-order valence-electron chi connectivity index (χ1n) is 5.22. The standard InChI is InChI=1S/C11H14ClO4P/c1-3-8-9(4-2)11(17(14,15)16)7(6-13)5-10(8)12/h5-6H,3-4H2,1-2H3,(H2,14,15,16). The Kier molecular flexibility index (Phi) is 4.50. The molecule has 4 nitrogen and oxygen atoms in total. The fourth-order valence-electron chi connectivity index (χ4n) is 1.95. The monoisotopic (exact) mass is 276 g/mol. The van der Waals surface area contributed by atoms with E-state index in [1.54, 1.807) is 6.92 Å². The van der Waals surface area contributed by atoms with Crippen molar-refractivity contribution in [2.24, 2.45) is 0 Å². The van der Waals surface area contributed by atoms with Crippen LogP contribution in [0.5, 0.6) is 0 Å². The van der Waals surface area contributed by atoms with Gasteiger partial charge in [0.2, 0.25) is 0 Å². The third-order valence-electron chi connectivity index (χ3n) is 2.62. The van der Waals surface area contributed by atoms with Gasteiger partial charge >= 0.3 is 7.60 Å². The molecule has 0 aliphatic heterocycles. The molecule has 17 heavy (non-hydrogen) atoms. The Hall–Kier alpha value is -0.670. The predicted octanol–water partition coefficient (Wildman–Crippen LogP) is 2.08. The molecule has 0 fully saturated rings. The Labute approximate surface area is 105 Å². The van der Waals surface area contributed by atoms with Crippen LogP contribution >= 0.6 is 19.2 Å². The molecule has 0 heterocycles. The second-order valence-corrected chi connectivity index (χ2v) is 5.56. The molecule has 1 aromatic rings. The molecular weight excluding hydrogens is 263 g/mol. The number of aldehydes is 1. The van der Waals surface area contributed by atoms with Crippen molar-refractivity contribution in [3.05, 3.63) is 27.8 Å². The van der Waals surface area contributed by atoms with Gasteiger partial charge in [0.1, 0.15) is 0 Å². The molecule has 94 valence electrons. The summed E-state index contributed by atoms with van der Waals surface area (Å²) in [5.41, 5.74) is 1.14. The molecule has 0 radical (unpaired) electrons. The first-order chi connectivity index (χ1) is 7.86. The van der Waals surface area contributed by atoms with E-state index < -0.39 is 7.60 Å². The second-order valence-electron chi connectivity index (χ2n) is 3.62. The van der Waals surface area contributed by atoms with Gasteiger partial charge in [0.25, 0.3) is 0 Å². The van der Waals surface area contributed by atoms with Crippen LogP contribution in [0.4, 0.5) is 0 Å². The van der Waals surface area contributed by atoms with Crippen LogP contribution in [0, 0.1) is 0 Å². The minimum Gasteiger partial charge on any atom is -0.321 e. The summed E-state index contributed by atoms with van der Waals surface area (Å²) in [5, 5.41) is 0.194. The molecule has 2 N–H and O–H groups in total. The zero-order valence-corrected chi connectivity index (χ0v) is 11.3. The third kappa shape index (κ3) is 2.78. The highest BCUT2D eigenvalue weighted by Crippen LogP contribution is 2.39. The van der Waals surface area contributed by atoms with E-state index in [0.29, 0.717) is 35.3 Å². The number of rotatable bonds is 4. The summed E-state index contributed by atoms with van der Waals surface area (Å²) in [6.45, 7) is 3.63. The van der Waals surface area contributed by atoms with Crippen molar-refractivity contribution >= 4 is 30.8 Å². The van der Waals surface area contributed by atoms with Crippen molar-refractivity contribution in [3.63, 3.8) is 0 Å². The molecular formula is C11H14ClO4P. The van der Waals surface area contributed by atoms with Crippen molar-refractivity contribution in [1.82, 2.24) is 0 Å². The minimum atomic E-state index is -4.48. The van der Waals surface area contributed by atoms with Crippen molar-refractivity contribution < 1.29 is 19.1 Å². The summed E-state index contributed by atoms with van der Waals surface area (Å²) in [5.74, 6) is 0. The fraction of sp³-hybridized carbons (Fsp3) is 0.364. The van der Waals surface area contributed by atoms with Crippen LogP contribution in [-0.4, -0.2) is 16.1 Å². The summed E-state index contributed by atoms with van der Waals surface area (Å²) >= 11 is 6.00. The molecule has 6 heteroatoms. The van der Waals surface area contributed by atoms with Crippen LogP contribution in [0.2, 0.25) is 5.02 Å². The lowest BCUT2D eigenvalue weighted by atomic mass is 10.00. The van der Waals surface area contributed by atoms with Crippen molar-refractivity contribution in [2.45, 2.75) is 26.7 Å². The van der Waals surface area contributed by atoms with E-state index in [0.717, 1.165) is 0 Å². The van der Waals surface area contributed by atoms with E-state index >= 15 is 0 Å². The maximum Gasteiger partial charge on any atom is 0.357 e. The third-order valence-corrected chi connectivity index (χ3v) is 4.07. The zero-order chi connectivity index (χ0) is 13.2. The van der Waals surface area contributed by atoms with Crippen molar-refractivity contribution in [2.75, 3.05) is 0 Å². The normalized spacial score (nSPS) is 11.6. The largest absolute Gasteiger partial charge is 0.357 e. The van der Waals surface area contributed by atoms with Gasteiger partial charge in [-0.3, -0.25) is 9.36 Å². The number of carbonyl (C=O) groups is 1. The highest BCUT2D eigenvalue weighted by molar-refractivity contribution is 7.60. The molecule has 0 bridgehead atoms. The first kappa shape index (κ1) is 14.4. The van der Waals surface area contributed by atoms with E-state index in [9.17, 15) is 19.1 Å². The Morgan fingerprint density at radius 3 is 2.18 bits per heavy atom. The predicted molar refractivity (Wildman–Crippen MR) is 67.3 cm³/mol. The summed E-state index contributed by atoms with van der Waals surface area (Å²) in [6, 6.07) is 1.32. The highest BCUT2D eigenvalue weighted by atomic mass is 35.5. The van der Waals surface area contributed by atoms with E-state index in [2.05, 4.69) is 0 Å². The van der Waals surface area contributed by atoms with Gasteiger partial charge in [-0.2, -0.15) is 0 Å². The van der Waals surface area contributed by atoms with Gasteiger partial charge in [-0.15, -0.1) is 0 Å². The van der Waals surface area contributed by atoms with Gasteiger partial charge in [0.05, 0.1) is 5.30 Å². The molecule has 0 amide bonds. The number of halogens is 1. The van der Waals surface area contributed by atoms with E-state index in [4.69, 9.17) is 11.6 Å². The zero-order valence-electron chi connectivity index (χ0n) is 9.61. The number of benzene rings is 1. The molecule has 0 saturated carbocycles. The van der Waals surface area contributed by atoms with Gasteiger partial charge in [-0.1, -0.05) is 25.4 Å². The highest BCUT2D eigenvalue weighted by Gasteiger charge is 2.27. The van der Waals surface area contributed by atoms with Gasteiger partial charge in [0.15, 0.2) is 6.29 Å². The smallest absolute Gasteiger partial charge is 0.321 e. The lowest BCUT2D eigenvalue weighted by Gasteiger charge is -2.17. The van der Waals surface area contributed by atoms with Gasteiger partial charge in [-0.25, -0.2) is 0 Å². The maximum atomic E-state index is 11.5. The molecule has 0 aliphatic carbocycles. The van der Waals surface area contributed by atoms with Gasteiger partial charge in [-0.05, 0) is 30.0 Å². The Bertz CT molecular complexity index is 493. The lowest BCUT2D eigenvalue weighted by Crippen LogP contribution is -2.19. The summed E-state index contributed by atoms with van der Waals surface area (Å²) in [4.78, 5) is 29.6. The van der Waals surface area contributed by atoms with Crippen molar-refractivity contribution in [1.29, 1.82) is 0 Å². The van der Waals surface area contributed by atoms with Crippen LogP contribution in [0.25, 0.3) is 0 Å². The summed E-state index contributed by atoms with van der Waals surface area (Å²) in [6.07, 6.45) is 1.41. The first-order valence-corrected chi connectivity index (χ1v) is 7.21. The average molecular weight is 277 g/mol. The fourth-order valence-corrected chi connectivity index (χ4v) is 3.41. The van der Waals surface area contributed by atoms with E-state index in [1.165, 1.54) is 6.07 Å². The van der Waals surface area contributed by atoms with Gasteiger partial charge in [0, 0.05) is 10.6 Å². The average Bonchev–Trinajstić information content (AvgIpc) is 2.25. The SMILES string of the molecule is CCc1c(Cl)cc(C=O)c(P(=O)(O)O)c1CC. The van der Waals surface area contributed by atoms with Gasteiger partial charge < -0.3 is 9.79 Å². The molecule has 0 aliphatic rings. The van der Waals surface area contributed by atoms with Crippen molar-refractivity contribution in [3.8, 4) is 0 Å². The Morgan fingerprint density at radius 2 is 1.82 bits per heavy atom. The maximum absolute atomic E-state index is 11.5. The van der Waals surface area contributed by atoms with Crippen LogP contribution in [-0.2, 0) is 17.4 Å². The molecule has 0 unspecified atom stereocenters. The quantitative estimate of drug-likeness (QED) is 0.652. The Balaban J connectivity index is 3.76. The number of hydrogen-bond donors (Lipinski definition) is 2. The minimum absolute atomic E-state index is 0.0302. The van der Waals surface area contributed by atoms with Crippen LogP contribution < -0.4 is 5.30 Å². The molecule has 0 spiro atoms. The molecule has 1 rings (SSSR count). The molecule has 1 aromatic carbocycles.